The second-order valence-electron chi connectivity index (χ2n) is 40.2. The molecule has 150 heavy (non-hydrogen) atoms. The van der Waals surface area contributed by atoms with Gasteiger partial charge in [-0.1, -0.05) is 317 Å². The molecule has 704 valence electrons. The van der Waals surface area contributed by atoms with Crippen LogP contribution in [0.2, 0.25) is 0 Å². The van der Waals surface area contributed by atoms with Crippen molar-refractivity contribution in [3.63, 3.8) is 0 Å². The van der Waals surface area contributed by atoms with E-state index in [0.29, 0.717) is 0 Å². The third kappa shape index (κ3) is 13.8. The van der Waals surface area contributed by atoms with Crippen LogP contribution in [0.5, 0.6) is 0 Å². The van der Waals surface area contributed by atoms with Crippen molar-refractivity contribution in [1.82, 2.24) is 18.3 Å². The number of rotatable bonds is 15. The maximum Gasteiger partial charge on any atom is 0.137 e. The van der Waals surface area contributed by atoms with Gasteiger partial charge in [-0.25, -0.2) is 0 Å². The van der Waals surface area contributed by atoms with Crippen molar-refractivity contribution in [2.75, 3.05) is 14.7 Å². The van der Waals surface area contributed by atoms with Crippen LogP contribution in [-0.4, -0.2) is 18.3 Å². The van der Waals surface area contributed by atoms with Gasteiger partial charge in [0.05, 0.1) is 44.1 Å². The molecule has 32 rings (SSSR count). The number of hydrogen-bond acceptors (Lipinski definition) is 5. The molecule has 0 unspecified atom stereocenters. The minimum Gasteiger partial charge on any atom is -0.456 e. The summed E-state index contributed by atoms with van der Waals surface area (Å²) in [7, 11) is 0. The molecule has 1 aliphatic carbocycles. The molecule has 31 aromatic rings. The minimum absolute atomic E-state index is 0.0836. The van der Waals surface area contributed by atoms with Gasteiger partial charge in [0.2, 0.25) is 0 Å². The van der Waals surface area contributed by atoms with Crippen LogP contribution < -0.4 is 14.7 Å². The van der Waals surface area contributed by atoms with Crippen LogP contribution in [-0.2, 0) is 5.41 Å². The van der Waals surface area contributed by atoms with E-state index < -0.39 is 0 Å². The molecule has 0 radical (unpaired) electrons. The first-order valence-electron chi connectivity index (χ1n) is 51.6. The van der Waals surface area contributed by atoms with Crippen LogP contribution in [0.15, 0.2) is 532 Å². The number of anilines is 9. The standard InChI is InChI=1S/C50H33N3.C47H32N2S.C44H28N2O/c1-3-11-34(12-4-1)35-23-25-39(26-24-35)51(42-31-32-46-44(33-42)43-17-7-8-18-45(43)52(46)38-15-5-2-6-16-38)40-27-29-41(30-28-40)53-47-19-9-13-36-21-22-37-14-10-20-48(53)50(37)49(36)47;1-47(2)39-13-5-3-11-35(39)36-25-23-33(27-40(36)47)48(34-24-26-38-37-12-4-6-16-43(37)50-44(38)28-34)31-19-21-32(22-20-31)49-41-14-7-9-29-17-18-30-10-8-15-42(49)46(30)45(29)41;1-2-8-29(9-3-1)30-18-20-33(21-19-30)45(36-26-27-38-37-12-4-5-15-41(37)47-42(38)28-36)34-22-24-35(25-23-34)46-39-13-6-10-31-16-17-32-11-7-14-40(46)44(32)43(31)39/h1-33H;3-28H,1-2H3;1-28H. The van der Waals surface area contributed by atoms with Crippen molar-refractivity contribution in [2.24, 2.45) is 0 Å². The normalized spacial score (nSPS) is 12.4. The van der Waals surface area contributed by atoms with E-state index in [9.17, 15) is 0 Å². The van der Waals surface area contributed by atoms with Gasteiger partial charge in [-0.3, -0.25) is 0 Å². The molecular formula is C141H93N7OS. The van der Waals surface area contributed by atoms with Gasteiger partial charge in [0.15, 0.2) is 0 Å². The van der Waals surface area contributed by atoms with Gasteiger partial charge in [-0.05, 0) is 295 Å². The highest BCUT2D eigenvalue weighted by Crippen LogP contribution is 2.54. The van der Waals surface area contributed by atoms with Gasteiger partial charge in [0.1, 0.15) is 11.2 Å². The van der Waals surface area contributed by atoms with Crippen molar-refractivity contribution < 1.29 is 4.42 Å². The Labute approximate surface area is 869 Å². The van der Waals surface area contributed by atoms with E-state index in [1.165, 1.54) is 190 Å². The first-order chi connectivity index (χ1) is 74.1. The van der Waals surface area contributed by atoms with Crippen LogP contribution in [0.3, 0.4) is 0 Å². The van der Waals surface area contributed by atoms with Crippen LogP contribution in [0, 0.1) is 0 Å². The van der Waals surface area contributed by atoms with Crippen molar-refractivity contribution in [2.45, 2.75) is 19.3 Å². The van der Waals surface area contributed by atoms with Crippen molar-refractivity contribution in [1.29, 1.82) is 0 Å². The third-order valence-corrected chi connectivity index (χ3v) is 32.7. The Kier molecular flexibility index (Phi) is 19.8. The number of para-hydroxylation sites is 3. The first kappa shape index (κ1) is 86.2. The number of furan rings is 1. The second kappa shape index (κ2) is 34.4. The summed E-state index contributed by atoms with van der Waals surface area (Å²) in [6.07, 6.45) is 0. The van der Waals surface area contributed by atoms with Gasteiger partial charge < -0.3 is 37.4 Å². The number of thiophene rings is 1. The number of nitrogens with zero attached hydrogens (tertiary/aromatic N) is 7. The topological polar surface area (TPSA) is 42.6 Å². The minimum atomic E-state index is -0.0836. The molecule has 9 heteroatoms. The Morgan fingerprint density at radius 2 is 0.500 bits per heavy atom. The third-order valence-electron chi connectivity index (χ3n) is 31.5. The molecule has 0 N–H and O–H groups in total. The van der Waals surface area contributed by atoms with E-state index in [4.69, 9.17) is 4.42 Å². The summed E-state index contributed by atoms with van der Waals surface area (Å²) < 4.78 is 18.6. The lowest BCUT2D eigenvalue weighted by Gasteiger charge is -2.28. The SMILES string of the molecule is CC1(C)c2ccccc2-c2ccc(N(c3ccc(-n4c5cccc6ccc7cccc4c7c65)cc3)c3ccc4c(c3)sc3ccccc34)cc21.c1ccc(-c2ccc(N(c3ccc(-n4c5cccc6ccc7cccc4c7c65)cc3)c3ccc4c(c3)c3ccccc3n4-c3ccccc3)cc2)cc1.c1ccc(-c2ccc(N(c3ccc(-n4c5cccc6ccc7cccc4c7c65)cc3)c3ccc4c(c3)oc3ccccc34)cc2)cc1. The fourth-order valence-corrected chi connectivity index (χ4v) is 25.8. The Bertz CT molecular complexity index is 10500. The van der Waals surface area contributed by atoms with Crippen LogP contribution in [0.25, 0.3) is 218 Å². The largest absolute Gasteiger partial charge is 0.456 e. The van der Waals surface area contributed by atoms with Gasteiger partial charge in [-0.2, -0.15) is 0 Å². The molecule has 6 aromatic heterocycles. The zero-order chi connectivity index (χ0) is 98.9. The van der Waals surface area contributed by atoms with Gasteiger partial charge in [0.25, 0.3) is 0 Å². The molecule has 8 nitrogen and oxygen atoms in total. The summed E-state index contributed by atoms with van der Waals surface area (Å²) in [5.74, 6) is 0. The lowest BCUT2D eigenvalue weighted by molar-refractivity contribution is 0.660. The second-order valence-corrected chi connectivity index (χ2v) is 41.3. The number of aromatic nitrogens is 4. The zero-order valence-electron chi connectivity index (χ0n) is 82.2. The number of hydrogen-bond donors (Lipinski definition) is 0. The Morgan fingerprint density at radius 1 is 0.187 bits per heavy atom. The summed E-state index contributed by atoms with van der Waals surface area (Å²) in [6, 6.07) is 192. The average molecular weight is 1930 g/mol. The summed E-state index contributed by atoms with van der Waals surface area (Å²) in [5.41, 5.74) is 36.3. The Balaban J connectivity index is 0.000000104. The molecule has 6 heterocycles. The lowest BCUT2D eigenvalue weighted by Crippen LogP contribution is -2.16. The van der Waals surface area contributed by atoms with Crippen LogP contribution >= 0.6 is 11.3 Å². The number of benzene rings is 25. The van der Waals surface area contributed by atoms with E-state index in [0.717, 1.165) is 90.2 Å². The fourth-order valence-electron chi connectivity index (χ4n) is 24.6. The molecule has 0 saturated carbocycles. The summed E-state index contributed by atoms with van der Waals surface area (Å²) in [4.78, 5) is 7.13. The van der Waals surface area contributed by atoms with Gasteiger partial charge in [0, 0.05) is 159 Å². The molecule has 0 fully saturated rings. The zero-order valence-corrected chi connectivity index (χ0v) is 83.0. The Morgan fingerprint density at radius 3 is 0.987 bits per heavy atom. The smallest absolute Gasteiger partial charge is 0.137 e. The molecule has 1 aliphatic rings. The summed E-state index contributed by atoms with van der Waals surface area (Å²) in [5, 5.41) is 23.0. The fraction of sp³-hybridized carbons (Fsp3) is 0.0213. The van der Waals surface area contributed by atoms with Crippen molar-refractivity contribution in [3.05, 3.63) is 539 Å². The highest BCUT2D eigenvalue weighted by Gasteiger charge is 2.37. The maximum atomic E-state index is 6.33. The molecule has 0 spiro atoms. The molecule has 0 aliphatic heterocycles. The maximum absolute atomic E-state index is 6.33. The average Bonchev–Trinajstić information content (AvgIpc) is 1.58. The molecule has 25 aromatic carbocycles. The lowest BCUT2D eigenvalue weighted by atomic mass is 9.82. The van der Waals surface area contributed by atoms with E-state index in [-0.39, 0.29) is 5.41 Å². The predicted molar refractivity (Wildman–Crippen MR) is 635 cm³/mol. The van der Waals surface area contributed by atoms with Crippen LogP contribution in [0.4, 0.5) is 51.2 Å². The molecular weight excluding hydrogens is 1840 g/mol. The predicted octanol–water partition coefficient (Wildman–Crippen LogP) is 39.5. The van der Waals surface area contributed by atoms with E-state index >= 15 is 0 Å². The van der Waals surface area contributed by atoms with Gasteiger partial charge in [-0.15, -0.1) is 11.3 Å². The monoisotopic (exact) mass is 1930 g/mol. The summed E-state index contributed by atoms with van der Waals surface area (Å²) in [6.45, 7) is 4.72. The van der Waals surface area contributed by atoms with E-state index in [2.05, 4.69) is 562 Å². The quantitative estimate of drug-likeness (QED) is 0.0960. The Hall–Kier alpha value is -19.3. The molecule has 0 amide bonds. The highest BCUT2D eigenvalue weighted by atomic mass is 32.1. The summed E-state index contributed by atoms with van der Waals surface area (Å²) >= 11 is 1.87. The molecule has 0 saturated heterocycles. The van der Waals surface area contributed by atoms with Crippen LogP contribution in [0.1, 0.15) is 25.0 Å². The first-order valence-corrected chi connectivity index (χ1v) is 52.4. The van der Waals surface area contributed by atoms with E-state index in [1.807, 2.05) is 23.5 Å². The van der Waals surface area contributed by atoms with Crippen molar-refractivity contribution in [3.8, 4) is 56.1 Å². The molecule has 0 bridgehead atoms. The highest BCUT2D eigenvalue weighted by molar-refractivity contribution is 7.25. The number of fused-ring (bicyclic) bond motifs is 12. The van der Waals surface area contributed by atoms with E-state index in [1.54, 1.807) is 0 Å². The molecule has 0 atom stereocenters. The van der Waals surface area contributed by atoms with Crippen molar-refractivity contribution >= 4 is 224 Å². The van der Waals surface area contributed by atoms with Gasteiger partial charge >= 0.3 is 0 Å².